The molecule has 1 aliphatic rings. The van der Waals surface area contributed by atoms with Crippen molar-refractivity contribution in [2.45, 2.75) is 6.04 Å². The van der Waals surface area contributed by atoms with E-state index in [0.717, 1.165) is 31.9 Å². The zero-order chi connectivity index (χ0) is 13.7. The van der Waals surface area contributed by atoms with Crippen LogP contribution in [0.4, 0.5) is 0 Å². The lowest BCUT2D eigenvalue weighted by molar-refractivity contribution is 0.00405. The molecule has 106 valence electrons. The molecule has 0 radical (unpaired) electrons. The first-order chi connectivity index (χ1) is 9.24. The minimum Gasteiger partial charge on any atom is -0.495 e. The van der Waals surface area contributed by atoms with Crippen LogP contribution in [0.3, 0.4) is 0 Å². The van der Waals surface area contributed by atoms with Crippen LogP contribution in [-0.4, -0.2) is 45.0 Å². The van der Waals surface area contributed by atoms with Gasteiger partial charge in [-0.05, 0) is 17.7 Å². The number of ether oxygens (including phenoxy) is 2. The summed E-state index contributed by atoms with van der Waals surface area (Å²) in [7, 11) is 1.60. The molecule has 3 N–H and O–H groups in total. The summed E-state index contributed by atoms with van der Waals surface area (Å²) in [6.45, 7) is 3.71. The lowest BCUT2D eigenvalue weighted by Crippen LogP contribution is -2.48. The van der Waals surface area contributed by atoms with Crippen molar-refractivity contribution in [2.24, 2.45) is 5.73 Å². The van der Waals surface area contributed by atoms with Crippen molar-refractivity contribution in [3.05, 3.63) is 28.8 Å². The van der Waals surface area contributed by atoms with Crippen molar-refractivity contribution >= 4 is 11.6 Å². The predicted molar refractivity (Wildman–Crippen MR) is 75.3 cm³/mol. The Morgan fingerprint density at radius 3 is 2.79 bits per heavy atom. The normalized spacial score (nSPS) is 18.3. The Kier molecular flexibility index (Phi) is 5.42. The second-order valence-corrected chi connectivity index (χ2v) is 4.82. The molecule has 1 aromatic rings. The summed E-state index contributed by atoms with van der Waals surface area (Å²) in [6.07, 6.45) is 0. The maximum atomic E-state index is 6.15. The number of benzene rings is 1. The van der Waals surface area contributed by atoms with Gasteiger partial charge in [0, 0.05) is 19.6 Å². The Morgan fingerprint density at radius 1 is 1.47 bits per heavy atom. The summed E-state index contributed by atoms with van der Waals surface area (Å²) in [5.74, 6) is 0.674. The molecule has 0 spiro atoms. The Hall–Kier alpha value is -0.850. The third-order valence-electron chi connectivity index (χ3n) is 3.16. The molecule has 0 aliphatic carbocycles. The van der Waals surface area contributed by atoms with E-state index in [-0.39, 0.29) is 6.04 Å². The van der Waals surface area contributed by atoms with Gasteiger partial charge < -0.3 is 15.2 Å². The molecular formula is C13H20ClN3O2. The van der Waals surface area contributed by atoms with Gasteiger partial charge in [-0.25, -0.2) is 10.4 Å². The number of hydrogen-bond donors (Lipinski definition) is 2. The molecule has 0 aromatic heterocycles. The number of hydrogen-bond acceptors (Lipinski definition) is 5. The molecule has 1 saturated heterocycles. The van der Waals surface area contributed by atoms with Gasteiger partial charge in [-0.2, -0.15) is 0 Å². The maximum Gasteiger partial charge on any atom is 0.137 e. The number of methoxy groups -OCH3 is 1. The van der Waals surface area contributed by atoms with Crippen LogP contribution in [0.15, 0.2) is 18.2 Å². The van der Waals surface area contributed by atoms with Crippen LogP contribution in [0.5, 0.6) is 5.75 Å². The molecule has 0 amide bonds. The van der Waals surface area contributed by atoms with Crippen molar-refractivity contribution in [1.29, 1.82) is 0 Å². The van der Waals surface area contributed by atoms with E-state index < -0.39 is 0 Å². The summed E-state index contributed by atoms with van der Waals surface area (Å²) >= 11 is 6.15. The van der Waals surface area contributed by atoms with Gasteiger partial charge in [0.25, 0.3) is 0 Å². The van der Waals surface area contributed by atoms with Crippen LogP contribution in [-0.2, 0) is 4.74 Å². The molecule has 1 heterocycles. The fraction of sp³-hybridized carbons (Fsp3) is 0.538. The number of rotatable bonds is 5. The molecule has 0 saturated carbocycles. The van der Waals surface area contributed by atoms with E-state index in [1.54, 1.807) is 7.11 Å². The van der Waals surface area contributed by atoms with Gasteiger partial charge in [0.05, 0.1) is 31.4 Å². The molecule has 1 atom stereocenters. The summed E-state index contributed by atoms with van der Waals surface area (Å²) in [6, 6.07) is 5.78. The minimum atomic E-state index is 0.0431. The molecule has 19 heavy (non-hydrogen) atoms. The van der Waals surface area contributed by atoms with Crippen LogP contribution in [0.1, 0.15) is 11.6 Å². The van der Waals surface area contributed by atoms with Crippen molar-refractivity contribution in [3.8, 4) is 5.75 Å². The molecule has 2 rings (SSSR count). The molecule has 6 heteroatoms. The largest absolute Gasteiger partial charge is 0.495 e. The summed E-state index contributed by atoms with van der Waals surface area (Å²) in [5, 5.41) is 2.74. The lowest BCUT2D eigenvalue weighted by Gasteiger charge is -2.31. The molecule has 1 unspecified atom stereocenters. The molecule has 1 aromatic carbocycles. The number of nitrogens with one attached hydrogen (secondary N) is 1. The van der Waals surface area contributed by atoms with Gasteiger partial charge in [-0.3, -0.25) is 0 Å². The Bertz CT molecular complexity index is 411. The molecule has 5 nitrogen and oxygen atoms in total. The summed E-state index contributed by atoms with van der Waals surface area (Å²) < 4.78 is 10.5. The zero-order valence-electron chi connectivity index (χ0n) is 11.1. The van der Waals surface area contributed by atoms with Crippen LogP contribution in [0, 0.1) is 0 Å². The summed E-state index contributed by atoms with van der Waals surface area (Å²) in [5.41, 5.74) is 10.3. The number of nitrogens with zero attached hydrogens (tertiary/aromatic N) is 1. The molecule has 0 bridgehead atoms. The van der Waals surface area contributed by atoms with E-state index in [1.807, 2.05) is 18.2 Å². The van der Waals surface area contributed by atoms with E-state index >= 15 is 0 Å². The van der Waals surface area contributed by atoms with E-state index in [9.17, 15) is 0 Å². The predicted octanol–water partition coefficient (Wildman–Crippen LogP) is 1.19. The van der Waals surface area contributed by atoms with Crippen LogP contribution >= 0.6 is 11.6 Å². The van der Waals surface area contributed by atoms with E-state index in [0.29, 0.717) is 17.3 Å². The molecule has 1 fully saturated rings. The van der Waals surface area contributed by atoms with Crippen LogP contribution in [0.2, 0.25) is 5.02 Å². The zero-order valence-corrected chi connectivity index (χ0v) is 11.8. The highest BCUT2D eigenvalue weighted by Crippen LogP contribution is 2.27. The summed E-state index contributed by atoms with van der Waals surface area (Å²) in [4.78, 5) is 0. The van der Waals surface area contributed by atoms with Gasteiger partial charge in [-0.1, -0.05) is 17.7 Å². The average Bonchev–Trinajstić information content (AvgIpc) is 2.46. The third kappa shape index (κ3) is 3.81. The van der Waals surface area contributed by atoms with Gasteiger partial charge >= 0.3 is 0 Å². The number of morpholine rings is 1. The fourth-order valence-corrected chi connectivity index (χ4v) is 2.34. The first kappa shape index (κ1) is 14.6. The minimum absolute atomic E-state index is 0.0431. The van der Waals surface area contributed by atoms with E-state index in [1.165, 1.54) is 0 Å². The second kappa shape index (κ2) is 7.07. The second-order valence-electron chi connectivity index (χ2n) is 4.41. The Morgan fingerprint density at radius 2 is 2.21 bits per heavy atom. The van der Waals surface area contributed by atoms with Crippen LogP contribution < -0.4 is 15.9 Å². The van der Waals surface area contributed by atoms with Crippen molar-refractivity contribution < 1.29 is 9.47 Å². The lowest BCUT2D eigenvalue weighted by atomic mass is 10.1. The van der Waals surface area contributed by atoms with E-state index in [4.69, 9.17) is 26.8 Å². The maximum absolute atomic E-state index is 6.15. The number of halogens is 1. The molecular weight excluding hydrogens is 266 g/mol. The van der Waals surface area contributed by atoms with Crippen molar-refractivity contribution in [2.75, 3.05) is 40.0 Å². The molecule has 1 aliphatic heterocycles. The quantitative estimate of drug-likeness (QED) is 0.851. The highest BCUT2D eigenvalue weighted by molar-refractivity contribution is 6.32. The fourth-order valence-electron chi connectivity index (χ4n) is 2.08. The van der Waals surface area contributed by atoms with Gasteiger partial charge in [0.2, 0.25) is 0 Å². The van der Waals surface area contributed by atoms with Crippen LogP contribution in [0.25, 0.3) is 0 Å². The standard InChI is InChI=1S/C13H20ClN3O2/c1-18-13-3-2-10(8-11(13)14)12(9-15)16-17-4-6-19-7-5-17/h2-3,8,12,16H,4-7,9,15H2,1H3. The van der Waals surface area contributed by atoms with Gasteiger partial charge in [-0.15, -0.1) is 0 Å². The Balaban J connectivity index is 2.05. The first-order valence-corrected chi connectivity index (χ1v) is 6.74. The van der Waals surface area contributed by atoms with E-state index in [2.05, 4.69) is 10.4 Å². The SMILES string of the molecule is COc1ccc(C(CN)NN2CCOCC2)cc1Cl. The third-order valence-corrected chi connectivity index (χ3v) is 3.46. The van der Waals surface area contributed by atoms with Gasteiger partial charge in [0.1, 0.15) is 5.75 Å². The first-order valence-electron chi connectivity index (χ1n) is 6.37. The van der Waals surface area contributed by atoms with Crippen molar-refractivity contribution in [3.63, 3.8) is 0 Å². The highest BCUT2D eigenvalue weighted by Gasteiger charge is 2.17. The average molecular weight is 286 g/mol. The van der Waals surface area contributed by atoms with Crippen molar-refractivity contribution in [1.82, 2.24) is 10.4 Å². The monoisotopic (exact) mass is 285 g/mol. The highest BCUT2D eigenvalue weighted by atomic mass is 35.5. The van der Waals surface area contributed by atoms with Gasteiger partial charge in [0.15, 0.2) is 0 Å². The number of hydrazine groups is 1. The topological polar surface area (TPSA) is 59.8 Å². The smallest absolute Gasteiger partial charge is 0.137 e. The number of nitrogens with two attached hydrogens (primary N) is 1. The Labute approximate surface area is 118 Å².